The predicted molar refractivity (Wildman–Crippen MR) is 93.4 cm³/mol. The Balaban J connectivity index is 1.79. The van der Waals surface area contributed by atoms with Gasteiger partial charge >= 0.3 is 17.9 Å². The molecule has 7 nitrogen and oxygen atoms in total. The molecule has 0 saturated carbocycles. The van der Waals surface area contributed by atoms with Crippen LogP contribution in [0.3, 0.4) is 0 Å². The molecule has 0 bridgehead atoms. The van der Waals surface area contributed by atoms with Crippen molar-refractivity contribution in [2.45, 2.75) is 33.0 Å². The second-order valence-electron chi connectivity index (χ2n) is 6.07. The van der Waals surface area contributed by atoms with Crippen LogP contribution in [0, 0.1) is 0 Å². The van der Waals surface area contributed by atoms with E-state index in [-0.39, 0.29) is 29.7 Å². The molecule has 0 aromatic heterocycles. The van der Waals surface area contributed by atoms with Crippen LogP contribution >= 0.6 is 0 Å². The van der Waals surface area contributed by atoms with Gasteiger partial charge in [0.15, 0.2) is 0 Å². The van der Waals surface area contributed by atoms with Crippen molar-refractivity contribution in [1.82, 2.24) is 0 Å². The maximum Gasteiger partial charge on any atom is 0.308 e. The van der Waals surface area contributed by atoms with Gasteiger partial charge in [-0.3, -0.25) is 14.4 Å². The average molecular weight is 370 g/mol. The highest BCUT2D eigenvalue weighted by Gasteiger charge is 2.42. The van der Waals surface area contributed by atoms with Crippen LogP contribution in [-0.4, -0.2) is 17.9 Å². The minimum atomic E-state index is -0.477. The van der Waals surface area contributed by atoms with Crippen LogP contribution in [0.1, 0.15) is 44.1 Å². The largest absolute Gasteiger partial charge is 0.427 e. The molecule has 3 rings (SSSR count). The third-order valence-electron chi connectivity index (χ3n) is 3.72. The molecule has 7 heteroatoms. The fourth-order valence-electron chi connectivity index (χ4n) is 2.72. The summed E-state index contributed by atoms with van der Waals surface area (Å²) in [4.78, 5) is 33.5. The summed E-state index contributed by atoms with van der Waals surface area (Å²) in [6.07, 6.45) is -0.469. The van der Waals surface area contributed by atoms with Crippen molar-refractivity contribution in [2.75, 3.05) is 0 Å². The summed E-state index contributed by atoms with van der Waals surface area (Å²) in [5.41, 5.74) is 1.63. The molecular formula is C20H18O7. The third kappa shape index (κ3) is 4.92. The number of rotatable bonds is 5. The van der Waals surface area contributed by atoms with Gasteiger partial charge in [-0.2, -0.15) is 0 Å². The number of ether oxygens (including phenoxy) is 4. The number of esters is 3. The highest BCUT2D eigenvalue weighted by molar-refractivity contribution is 5.71. The lowest BCUT2D eigenvalue weighted by Crippen LogP contribution is -2.05. The van der Waals surface area contributed by atoms with E-state index >= 15 is 0 Å². The van der Waals surface area contributed by atoms with Crippen LogP contribution in [-0.2, 0) is 19.1 Å². The van der Waals surface area contributed by atoms with Crippen molar-refractivity contribution in [3.63, 3.8) is 0 Å². The molecule has 0 spiro atoms. The van der Waals surface area contributed by atoms with Crippen LogP contribution in [0.25, 0.3) is 0 Å². The molecule has 140 valence electrons. The summed E-state index contributed by atoms with van der Waals surface area (Å²) in [5, 5.41) is 0. The Morgan fingerprint density at radius 2 is 1.11 bits per heavy atom. The second-order valence-corrected chi connectivity index (χ2v) is 6.07. The molecule has 1 fully saturated rings. The van der Waals surface area contributed by atoms with E-state index in [0.717, 1.165) is 11.1 Å². The standard InChI is InChI=1S/C20H18O7/c1-11(21)24-16-6-4-14(5-7-16)19-20(27-19)15-8-17(25-12(2)22)10-18(9-15)26-13(3)23/h4-10,19-20H,1-3H3/t19-,20-/m1/s1. The predicted octanol–water partition coefficient (Wildman–Crippen LogP) is 3.28. The smallest absolute Gasteiger partial charge is 0.308 e. The summed E-state index contributed by atoms with van der Waals surface area (Å²) >= 11 is 0. The molecule has 0 aliphatic carbocycles. The molecule has 2 atom stereocenters. The van der Waals surface area contributed by atoms with Gasteiger partial charge < -0.3 is 18.9 Å². The van der Waals surface area contributed by atoms with Gasteiger partial charge in [-0.05, 0) is 35.4 Å². The van der Waals surface area contributed by atoms with E-state index in [1.165, 1.54) is 26.8 Å². The summed E-state index contributed by atoms with van der Waals surface area (Å²) in [5.74, 6) is -0.335. The van der Waals surface area contributed by atoms with Gasteiger partial charge in [0, 0.05) is 26.8 Å². The number of hydrogen-bond donors (Lipinski definition) is 0. The minimum Gasteiger partial charge on any atom is -0.427 e. The fraction of sp³-hybridized carbons (Fsp3) is 0.250. The topological polar surface area (TPSA) is 91.4 Å². The van der Waals surface area contributed by atoms with Crippen LogP contribution in [0.2, 0.25) is 0 Å². The zero-order chi connectivity index (χ0) is 19.6. The van der Waals surface area contributed by atoms with Gasteiger partial charge in [0.2, 0.25) is 0 Å². The Morgan fingerprint density at radius 1 is 0.667 bits per heavy atom. The normalized spacial score (nSPS) is 17.7. The molecular weight excluding hydrogens is 352 g/mol. The molecule has 0 radical (unpaired) electrons. The summed E-state index contributed by atoms with van der Waals surface area (Å²) in [6.45, 7) is 3.92. The van der Waals surface area contributed by atoms with Gasteiger partial charge in [0.05, 0.1) is 0 Å². The Kier molecular flexibility index (Phi) is 5.23. The van der Waals surface area contributed by atoms with E-state index in [1.54, 1.807) is 24.3 Å². The zero-order valence-corrected chi connectivity index (χ0v) is 15.1. The molecule has 27 heavy (non-hydrogen) atoms. The summed E-state index contributed by atoms with van der Waals surface area (Å²) in [6, 6.07) is 11.8. The van der Waals surface area contributed by atoms with E-state index in [2.05, 4.69) is 0 Å². The first-order valence-electron chi connectivity index (χ1n) is 8.27. The lowest BCUT2D eigenvalue weighted by atomic mass is 10.0. The molecule has 1 aliphatic rings. The third-order valence-corrected chi connectivity index (χ3v) is 3.72. The first-order chi connectivity index (χ1) is 12.8. The molecule has 0 N–H and O–H groups in total. The van der Waals surface area contributed by atoms with Crippen molar-refractivity contribution in [3.05, 3.63) is 53.6 Å². The summed E-state index contributed by atoms with van der Waals surface area (Å²) < 4.78 is 21.0. The van der Waals surface area contributed by atoms with Gasteiger partial charge in [0.25, 0.3) is 0 Å². The maximum atomic E-state index is 11.2. The molecule has 1 heterocycles. The highest BCUT2D eigenvalue weighted by Crippen LogP contribution is 2.52. The zero-order valence-electron chi connectivity index (χ0n) is 15.1. The van der Waals surface area contributed by atoms with Crippen LogP contribution in [0.5, 0.6) is 17.2 Å². The van der Waals surface area contributed by atoms with E-state index in [4.69, 9.17) is 18.9 Å². The molecule has 0 amide bonds. The minimum absolute atomic E-state index is 0.200. The van der Waals surface area contributed by atoms with E-state index in [1.807, 2.05) is 12.1 Å². The van der Waals surface area contributed by atoms with Gasteiger partial charge in [0.1, 0.15) is 29.5 Å². The first-order valence-corrected chi connectivity index (χ1v) is 8.27. The number of epoxide rings is 1. The SMILES string of the molecule is CC(=O)Oc1ccc([C@H]2O[C@@H]2c2cc(OC(C)=O)cc(OC(C)=O)c2)cc1. The van der Waals surface area contributed by atoms with Crippen LogP contribution in [0.4, 0.5) is 0 Å². The van der Waals surface area contributed by atoms with Gasteiger partial charge in [-0.25, -0.2) is 0 Å². The maximum absolute atomic E-state index is 11.2. The van der Waals surface area contributed by atoms with Crippen molar-refractivity contribution in [3.8, 4) is 17.2 Å². The van der Waals surface area contributed by atoms with Gasteiger partial charge in [-0.15, -0.1) is 0 Å². The number of carbonyl (C=O) groups excluding carboxylic acids is 3. The number of carbonyl (C=O) groups is 3. The molecule has 1 saturated heterocycles. The Hall–Kier alpha value is -3.19. The lowest BCUT2D eigenvalue weighted by molar-refractivity contribution is -0.133. The van der Waals surface area contributed by atoms with Crippen molar-refractivity contribution in [2.24, 2.45) is 0 Å². The quantitative estimate of drug-likeness (QED) is 0.453. The molecule has 1 aliphatic heterocycles. The van der Waals surface area contributed by atoms with Crippen molar-refractivity contribution in [1.29, 1.82) is 0 Å². The average Bonchev–Trinajstić information content (AvgIpc) is 3.34. The first kappa shape index (κ1) is 18.6. The molecule has 2 aromatic rings. The Bertz CT molecular complexity index is 851. The monoisotopic (exact) mass is 370 g/mol. The number of hydrogen-bond acceptors (Lipinski definition) is 7. The molecule has 0 unspecified atom stereocenters. The van der Waals surface area contributed by atoms with E-state index in [9.17, 15) is 14.4 Å². The van der Waals surface area contributed by atoms with Gasteiger partial charge in [-0.1, -0.05) is 12.1 Å². The Labute approximate surface area is 155 Å². The van der Waals surface area contributed by atoms with E-state index in [0.29, 0.717) is 5.75 Å². The summed E-state index contributed by atoms with van der Waals surface area (Å²) in [7, 11) is 0. The highest BCUT2D eigenvalue weighted by atomic mass is 16.6. The van der Waals surface area contributed by atoms with Crippen LogP contribution in [0.15, 0.2) is 42.5 Å². The Morgan fingerprint density at radius 3 is 1.59 bits per heavy atom. The van der Waals surface area contributed by atoms with E-state index < -0.39 is 11.9 Å². The fourth-order valence-corrected chi connectivity index (χ4v) is 2.72. The van der Waals surface area contributed by atoms with Crippen molar-refractivity contribution < 1.29 is 33.3 Å². The number of benzene rings is 2. The van der Waals surface area contributed by atoms with Crippen molar-refractivity contribution >= 4 is 17.9 Å². The van der Waals surface area contributed by atoms with Crippen LogP contribution < -0.4 is 14.2 Å². The lowest BCUT2D eigenvalue weighted by Gasteiger charge is -2.08. The molecule has 2 aromatic carbocycles. The second kappa shape index (κ2) is 7.59.